The monoisotopic (exact) mass is 226 g/mol. The first-order valence-corrected chi connectivity index (χ1v) is 7.97. The molecule has 1 rings (SSSR count). The lowest BCUT2D eigenvalue weighted by atomic mass is 10.4. The normalized spacial score (nSPS) is 11.6. The second-order valence-corrected chi connectivity index (χ2v) is 8.41. The van der Waals surface area contributed by atoms with Gasteiger partial charge in [-0.3, -0.25) is 0 Å². The zero-order chi connectivity index (χ0) is 10.4. The van der Waals surface area contributed by atoms with Crippen molar-refractivity contribution in [3.05, 3.63) is 30.3 Å². The second kappa shape index (κ2) is 5.42. The molecule has 0 fully saturated rings. The van der Waals surface area contributed by atoms with Gasteiger partial charge in [0.15, 0.2) is 9.04 Å². The summed E-state index contributed by atoms with van der Waals surface area (Å²) in [4.78, 5) is 0. The van der Waals surface area contributed by atoms with E-state index in [1.807, 2.05) is 18.2 Å². The fraction of sp³-hybridized carbons (Fsp3) is 0.333. The van der Waals surface area contributed by atoms with Crippen molar-refractivity contribution in [2.24, 2.45) is 0 Å². The number of benzene rings is 1. The largest absolute Gasteiger partial charge is 0.469 e. The van der Waals surface area contributed by atoms with Gasteiger partial charge in [0.2, 0.25) is 0 Å². The van der Waals surface area contributed by atoms with Gasteiger partial charge < -0.3 is 13.3 Å². The molecule has 0 unspecified atom stereocenters. The van der Waals surface area contributed by atoms with Crippen LogP contribution in [0.15, 0.2) is 30.3 Å². The molecule has 0 amide bonds. The highest BCUT2D eigenvalue weighted by atomic mass is 29.2. The Labute approximate surface area is 88.0 Å². The molecule has 0 N–H and O–H groups in total. The van der Waals surface area contributed by atoms with Crippen LogP contribution < -0.4 is 5.19 Å². The SMILES string of the molecule is CO[Si](OC)(OC)[Si]c1ccccc1. The Kier molecular flexibility index (Phi) is 4.50. The van der Waals surface area contributed by atoms with Gasteiger partial charge in [-0.2, -0.15) is 0 Å². The zero-order valence-electron chi connectivity index (χ0n) is 8.61. The third-order valence-electron chi connectivity index (χ3n) is 1.88. The third-order valence-corrected chi connectivity index (χ3v) is 8.04. The Hall–Kier alpha value is -0.466. The minimum Gasteiger partial charge on any atom is -0.380 e. The maximum Gasteiger partial charge on any atom is 0.469 e. The summed E-state index contributed by atoms with van der Waals surface area (Å²) in [6.45, 7) is 0. The van der Waals surface area contributed by atoms with Crippen LogP contribution in [0.25, 0.3) is 0 Å². The Morgan fingerprint density at radius 1 is 0.929 bits per heavy atom. The Morgan fingerprint density at radius 2 is 1.43 bits per heavy atom. The van der Waals surface area contributed by atoms with Gasteiger partial charge in [0, 0.05) is 21.3 Å². The van der Waals surface area contributed by atoms with Crippen LogP contribution in [-0.4, -0.2) is 38.7 Å². The van der Waals surface area contributed by atoms with Crippen molar-refractivity contribution in [3.63, 3.8) is 0 Å². The summed E-state index contributed by atoms with van der Waals surface area (Å²) >= 11 is 0. The van der Waals surface area contributed by atoms with E-state index in [1.165, 1.54) is 5.19 Å². The molecule has 5 heteroatoms. The maximum atomic E-state index is 5.35. The second-order valence-electron chi connectivity index (χ2n) is 2.66. The standard InChI is InChI=1S/C9H14O3Si2/c1-10-14(11-2,12-3)13-9-7-5-4-6-8-9/h4-8H,1-3H3. The van der Waals surface area contributed by atoms with Crippen LogP contribution in [0, 0.1) is 0 Å². The van der Waals surface area contributed by atoms with Crippen molar-refractivity contribution in [1.82, 2.24) is 0 Å². The molecule has 0 saturated heterocycles. The average Bonchev–Trinajstić information content (AvgIpc) is 2.28. The minimum atomic E-state index is -2.43. The third kappa shape index (κ3) is 2.76. The summed E-state index contributed by atoms with van der Waals surface area (Å²) in [5.74, 6) is 0. The molecule has 0 spiro atoms. The predicted octanol–water partition coefficient (Wildman–Crippen LogP) is 0.391. The maximum absolute atomic E-state index is 5.35. The highest BCUT2D eigenvalue weighted by molar-refractivity contribution is 7.19. The molecule has 1 aromatic rings. The number of hydrogen-bond acceptors (Lipinski definition) is 3. The molecule has 0 heterocycles. The quantitative estimate of drug-likeness (QED) is 0.680. The Bertz CT molecular complexity index is 254. The van der Waals surface area contributed by atoms with Crippen LogP contribution in [0.4, 0.5) is 0 Å². The highest BCUT2D eigenvalue weighted by Gasteiger charge is 2.38. The van der Waals surface area contributed by atoms with Crippen molar-refractivity contribution >= 4 is 22.5 Å². The van der Waals surface area contributed by atoms with E-state index in [0.717, 1.165) is 0 Å². The minimum absolute atomic E-state index is 0.438. The van der Waals surface area contributed by atoms with Gasteiger partial charge in [0.25, 0.3) is 0 Å². The first kappa shape index (κ1) is 11.6. The molecule has 0 atom stereocenters. The molecule has 0 aromatic heterocycles. The van der Waals surface area contributed by atoms with E-state index in [0.29, 0.717) is 9.04 Å². The van der Waals surface area contributed by atoms with Gasteiger partial charge in [0.05, 0.1) is 0 Å². The lowest BCUT2D eigenvalue weighted by molar-refractivity contribution is 0.149. The fourth-order valence-electron chi connectivity index (χ4n) is 1.10. The summed E-state index contributed by atoms with van der Waals surface area (Å²) in [6.07, 6.45) is 0. The van der Waals surface area contributed by atoms with Gasteiger partial charge >= 0.3 is 8.32 Å². The lowest BCUT2D eigenvalue weighted by Crippen LogP contribution is -2.54. The van der Waals surface area contributed by atoms with Crippen LogP contribution in [0.3, 0.4) is 0 Å². The van der Waals surface area contributed by atoms with Gasteiger partial charge in [0.1, 0.15) is 0 Å². The average molecular weight is 226 g/mol. The van der Waals surface area contributed by atoms with E-state index in [1.54, 1.807) is 21.3 Å². The van der Waals surface area contributed by atoms with E-state index in [2.05, 4.69) is 12.1 Å². The van der Waals surface area contributed by atoms with Crippen LogP contribution in [0.2, 0.25) is 0 Å². The van der Waals surface area contributed by atoms with E-state index >= 15 is 0 Å². The summed E-state index contributed by atoms with van der Waals surface area (Å²) in [7, 11) is 2.91. The first-order chi connectivity index (χ1) is 6.76. The first-order valence-electron chi connectivity index (χ1n) is 4.25. The zero-order valence-corrected chi connectivity index (χ0v) is 10.6. The predicted molar refractivity (Wildman–Crippen MR) is 58.6 cm³/mol. The summed E-state index contributed by atoms with van der Waals surface area (Å²) in [6, 6.07) is 10.1. The van der Waals surface area contributed by atoms with Crippen molar-refractivity contribution < 1.29 is 13.3 Å². The van der Waals surface area contributed by atoms with Gasteiger partial charge in [-0.05, 0) is 0 Å². The van der Waals surface area contributed by atoms with Gasteiger partial charge in [-0.25, -0.2) is 0 Å². The number of hydrogen-bond donors (Lipinski definition) is 0. The molecule has 0 aliphatic carbocycles. The molecule has 76 valence electrons. The molecule has 2 radical (unpaired) electrons. The molecular weight excluding hydrogens is 212 g/mol. The molecule has 0 aliphatic rings. The summed E-state index contributed by atoms with van der Waals surface area (Å²) in [5.41, 5.74) is 0. The van der Waals surface area contributed by atoms with Crippen molar-refractivity contribution in [2.75, 3.05) is 21.3 Å². The van der Waals surface area contributed by atoms with Crippen LogP contribution in [0.5, 0.6) is 0 Å². The van der Waals surface area contributed by atoms with E-state index in [4.69, 9.17) is 13.3 Å². The van der Waals surface area contributed by atoms with Gasteiger partial charge in [-0.15, -0.1) is 0 Å². The van der Waals surface area contributed by atoms with Crippen LogP contribution >= 0.6 is 0 Å². The van der Waals surface area contributed by atoms with E-state index in [-0.39, 0.29) is 0 Å². The van der Waals surface area contributed by atoms with Crippen molar-refractivity contribution in [3.8, 4) is 0 Å². The summed E-state index contributed by atoms with van der Waals surface area (Å²) in [5, 5.41) is 1.20. The smallest absolute Gasteiger partial charge is 0.380 e. The Balaban J connectivity index is 2.74. The van der Waals surface area contributed by atoms with E-state index in [9.17, 15) is 0 Å². The van der Waals surface area contributed by atoms with Crippen molar-refractivity contribution in [2.45, 2.75) is 0 Å². The molecule has 0 aliphatic heterocycles. The van der Waals surface area contributed by atoms with Crippen LogP contribution in [0.1, 0.15) is 0 Å². The summed E-state index contributed by atoms with van der Waals surface area (Å²) < 4.78 is 16.0. The Morgan fingerprint density at radius 3 is 1.86 bits per heavy atom. The molecular formula is C9H14O3Si2. The fourth-order valence-corrected chi connectivity index (χ4v) is 5.10. The van der Waals surface area contributed by atoms with E-state index < -0.39 is 8.32 Å². The molecule has 0 saturated carbocycles. The molecule has 1 aromatic carbocycles. The van der Waals surface area contributed by atoms with Gasteiger partial charge in [-0.1, -0.05) is 35.5 Å². The van der Waals surface area contributed by atoms with Crippen molar-refractivity contribution in [1.29, 1.82) is 0 Å². The molecule has 0 bridgehead atoms. The molecule has 14 heavy (non-hydrogen) atoms. The molecule has 3 nitrogen and oxygen atoms in total. The lowest BCUT2D eigenvalue weighted by Gasteiger charge is -2.23. The topological polar surface area (TPSA) is 27.7 Å². The highest BCUT2D eigenvalue weighted by Crippen LogP contribution is 2.03. The number of rotatable bonds is 5. The van der Waals surface area contributed by atoms with Crippen LogP contribution in [-0.2, 0) is 13.3 Å².